The molecule has 0 aliphatic heterocycles. The minimum atomic E-state index is 1.03. The molecule has 0 spiro atoms. The van der Waals surface area contributed by atoms with E-state index in [-0.39, 0.29) is 0 Å². The summed E-state index contributed by atoms with van der Waals surface area (Å²) in [5.74, 6) is 0. The summed E-state index contributed by atoms with van der Waals surface area (Å²) in [6.45, 7) is 2.11. The van der Waals surface area contributed by atoms with Crippen molar-refractivity contribution in [2.45, 2.75) is 6.92 Å². The Kier molecular flexibility index (Phi) is 1.39. The van der Waals surface area contributed by atoms with Crippen LogP contribution in [-0.4, -0.2) is 9.38 Å². The Bertz CT molecular complexity index is 608. The molecule has 0 bridgehead atoms. The highest BCUT2D eigenvalue weighted by molar-refractivity contribution is 5.94. The van der Waals surface area contributed by atoms with Crippen LogP contribution < -0.4 is 0 Å². The molecule has 3 aromatic rings. The van der Waals surface area contributed by atoms with Crippen LogP contribution in [0.5, 0.6) is 0 Å². The fraction of sp³-hybridized carbons (Fsp3) is 0.0833. The van der Waals surface area contributed by atoms with Crippen molar-refractivity contribution in [1.29, 1.82) is 0 Å². The normalized spacial score (nSPS) is 11.2. The van der Waals surface area contributed by atoms with E-state index in [2.05, 4.69) is 36.2 Å². The van der Waals surface area contributed by atoms with Crippen molar-refractivity contribution in [3.8, 4) is 0 Å². The minimum absolute atomic E-state index is 1.03. The summed E-state index contributed by atoms with van der Waals surface area (Å²) < 4.78 is 2.04. The van der Waals surface area contributed by atoms with E-state index in [1.807, 2.05) is 23.0 Å². The average Bonchev–Trinajstić information content (AvgIpc) is 2.65. The Morgan fingerprint density at radius 2 is 2.07 bits per heavy atom. The molecule has 0 aliphatic rings. The highest BCUT2D eigenvalue weighted by atomic mass is 15.0. The van der Waals surface area contributed by atoms with Gasteiger partial charge < -0.3 is 4.40 Å². The van der Waals surface area contributed by atoms with Gasteiger partial charge in [-0.15, -0.1) is 0 Å². The van der Waals surface area contributed by atoms with Gasteiger partial charge in [0.25, 0.3) is 0 Å². The van der Waals surface area contributed by atoms with Crippen LogP contribution in [0, 0.1) is 6.92 Å². The van der Waals surface area contributed by atoms with Crippen LogP contribution in [0.1, 0.15) is 5.56 Å². The van der Waals surface area contributed by atoms with Gasteiger partial charge in [-0.05, 0) is 18.4 Å². The molecule has 0 N–H and O–H groups in total. The van der Waals surface area contributed by atoms with E-state index < -0.39 is 0 Å². The van der Waals surface area contributed by atoms with E-state index >= 15 is 0 Å². The zero-order valence-electron chi connectivity index (χ0n) is 7.94. The number of fused-ring (bicyclic) bond motifs is 3. The zero-order valence-corrected chi connectivity index (χ0v) is 7.94. The van der Waals surface area contributed by atoms with Crippen molar-refractivity contribution in [2.75, 3.05) is 0 Å². The van der Waals surface area contributed by atoms with Crippen LogP contribution in [0.2, 0.25) is 0 Å². The SMILES string of the molecule is Cc1ccc2c(ccn3ccnc23)c1. The van der Waals surface area contributed by atoms with Gasteiger partial charge in [0.15, 0.2) is 0 Å². The number of rotatable bonds is 0. The smallest absolute Gasteiger partial charge is 0.144 e. The Labute approximate surface area is 81.8 Å². The second-order valence-electron chi connectivity index (χ2n) is 3.56. The Morgan fingerprint density at radius 1 is 1.14 bits per heavy atom. The van der Waals surface area contributed by atoms with Crippen molar-refractivity contribution >= 4 is 16.4 Å². The summed E-state index contributed by atoms with van der Waals surface area (Å²) >= 11 is 0. The average molecular weight is 182 g/mol. The number of hydrogen-bond donors (Lipinski definition) is 0. The third kappa shape index (κ3) is 0.940. The highest BCUT2D eigenvalue weighted by Crippen LogP contribution is 2.19. The van der Waals surface area contributed by atoms with E-state index in [1.165, 1.54) is 16.3 Å². The van der Waals surface area contributed by atoms with Gasteiger partial charge in [-0.3, -0.25) is 0 Å². The predicted octanol–water partition coefficient (Wildman–Crippen LogP) is 2.80. The highest BCUT2D eigenvalue weighted by Gasteiger charge is 2.00. The minimum Gasteiger partial charge on any atom is -0.307 e. The number of imidazole rings is 1. The molecule has 0 saturated carbocycles. The number of pyridine rings is 1. The summed E-state index contributed by atoms with van der Waals surface area (Å²) in [5, 5.41) is 2.46. The van der Waals surface area contributed by atoms with E-state index in [4.69, 9.17) is 0 Å². The topological polar surface area (TPSA) is 17.3 Å². The van der Waals surface area contributed by atoms with Crippen molar-refractivity contribution in [3.63, 3.8) is 0 Å². The first-order valence-electron chi connectivity index (χ1n) is 4.67. The van der Waals surface area contributed by atoms with Crippen molar-refractivity contribution < 1.29 is 0 Å². The first-order valence-corrected chi connectivity index (χ1v) is 4.67. The van der Waals surface area contributed by atoms with Gasteiger partial charge in [0.05, 0.1) is 0 Å². The Balaban J connectivity index is 2.57. The molecule has 0 aliphatic carbocycles. The standard InChI is InChI=1S/C12H10N2/c1-9-2-3-11-10(8-9)4-6-14-7-5-13-12(11)14/h2-8H,1H3. The molecule has 0 amide bonds. The van der Waals surface area contributed by atoms with Crippen LogP contribution in [0.25, 0.3) is 16.4 Å². The molecule has 0 fully saturated rings. The lowest BCUT2D eigenvalue weighted by atomic mass is 10.1. The van der Waals surface area contributed by atoms with Gasteiger partial charge >= 0.3 is 0 Å². The largest absolute Gasteiger partial charge is 0.307 e. The van der Waals surface area contributed by atoms with Gasteiger partial charge in [0.2, 0.25) is 0 Å². The number of nitrogens with zero attached hydrogens (tertiary/aromatic N) is 2. The molecule has 14 heavy (non-hydrogen) atoms. The van der Waals surface area contributed by atoms with E-state index in [9.17, 15) is 0 Å². The molecule has 68 valence electrons. The fourth-order valence-corrected chi connectivity index (χ4v) is 1.83. The Hall–Kier alpha value is -1.83. The maximum atomic E-state index is 4.34. The lowest BCUT2D eigenvalue weighted by molar-refractivity contribution is 1.20. The predicted molar refractivity (Wildman–Crippen MR) is 57.4 cm³/mol. The molecular weight excluding hydrogens is 172 g/mol. The molecule has 3 rings (SSSR count). The third-order valence-electron chi connectivity index (χ3n) is 2.53. The molecular formula is C12H10N2. The quantitative estimate of drug-likeness (QED) is 0.522. The summed E-state index contributed by atoms with van der Waals surface area (Å²) in [5.41, 5.74) is 2.32. The third-order valence-corrected chi connectivity index (χ3v) is 2.53. The van der Waals surface area contributed by atoms with Crippen LogP contribution in [0.4, 0.5) is 0 Å². The van der Waals surface area contributed by atoms with Crippen molar-refractivity contribution in [2.24, 2.45) is 0 Å². The number of aryl methyl sites for hydroxylation is 1. The maximum Gasteiger partial charge on any atom is 0.144 e. The van der Waals surface area contributed by atoms with Gasteiger partial charge in [0.1, 0.15) is 5.65 Å². The van der Waals surface area contributed by atoms with Crippen LogP contribution in [0.3, 0.4) is 0 Å². The second kappa shape index (κ2) is 2.58. The molecule has 0 saturated heterocycles. The zero-order chi connectivity index (χ0) is 9.54. The molecule has 0 radical (unpaired) electrons. The summed E-state index contributed by atoms with van der Waals surface area (Å²) in [6.07, 6.45) is 5.84. The molecule has 2 nitrogen and oxygen atoms in total. The fourth-order valence-electron chi connectivity index (χ4n) is 1.83. The second-order valence-corrected chi connectivity index (χ2v) is 3.56. The van der Waals surface area contributed by atoms with Gasteiger partial charge in [-0.1, -0.05) is 23.8 Å². The summed E-state index contributed by atoms with van der Waals surface area (Å²) in [7, 11) is 0. The Morgan fingerprint density at radius 3 is 3.00 bits per heavy atom. The monoisotopic (exact) mass is 182 g/mol. The molecule has 0 atom stereocenters. The molecule has 0 unspecified atom stereocenters. The van der Waals surface area contributed by atoms with E-state index in [0.717, 1.165) is 5.65 Å². The number of benzene rings is 1. The van der Waals surface area contributed by atoms with Gasteiger partial charge in [-0.2, -0.15) is 0 Å². The summed E-state index contributed by atoms with van der Waals surface area (Å²) in [4.78, 5) is 4.34. The van der Waals surface area contributed by atoms with Crippen LogP contribution in [-0.2, 0) is 0 Å². The van der Waals surface area contributed by atoms with Crippen LogP contribution in [0.15, 0.2) is 42.9 Å². The van der Waals surface area contributed by atoms with Crippen molar-refractivity contribution in [1.82, 2.24) is 9.38 Å². The van der Waals surface area contributed by atoms with Gasteiger partial charge in [-0.25, -0.2) is 4.98 Å². The van der Waals surface area contributed by atoms with Crippen molar-refractivity contribution in [3.05, 3.63) is 48.4 Å². The molecule has 2 heterocycles. The van der Waals surface area contributed by atoms with E-state index in [1.54, 1.807) is 0 Å². The van der Waals surface area contributed by atoms with Crippen LogP contribution >= 0.6 is 0 Å². The molecule has 2 aromatic heterocycles. The lowest BCUT2D eigenvalue weighted by Crippen LogP contribution is -1.84. The summed E-state index contributed by atoms with van der Waals surface area (Å²) in [6, 6.07) is 8.56. The maximum absolute atomic E-state index is 4.34. The van der Waals surface area contributed by atoms with Gasteiger partial charge in [0, 0.05) is 24.0 Å². The number of hydrogen-bond acceptors (Lipinski definition) is 1. The number of aromatic nitrogens is 2. The lowest BCUT2D eigenvalue weighted by Gasteiger charge is -2.01. The first-order chi connectivity index (χ1) is 6.84. The first kappa shape index (κ1) is 7.56. The van der Waals surface area contributed by atoms with E-state index in [0.29, 0.717) is 0 Å². The molecule has 1 aromatic carbocycles. The molecule has 2 heteroatoms.